The standard InChI is InChI=1S/C11H13Cl2NO/c1-11(2,14)6-10(15)8-4-3-7(12)5-9(8)13/h3-5H,6,14H2,1-2H3. The SMILES string of the molecule is CC(C)(N)CC(=O)c1ccc(Cl)cc1Cl. The second-order valence-electron chi connectivity index (χ2n) is 4.21. The Balaban J connectivity index is 2.92. The van der Waals surface area contributed by atoms with Gasteiger partial charge in [-0.3, -0.25) is 4.79 Å². The normalized spacial score (nSPS) is 11.5. The topological polar surface area (TPSA) is 43.1 Å². The summed E-state index contributed by atoms with van der Waals surface area (Å²) in [6, 6.07) is 4.82. The molecule has 0 atom stereocenters. The van der Waals surface area contributed by atoms with Crippen LogP contribution in [0.5, 0.6) is 0 Å². The first-order valence-electron chi connectivity index (χ1n) is 4.57. The van der Waals surface area contributed by atoms with Crippen molar-refractivity contribution in [2.24, 2.45) is 5.73 Å². The van der Waals surface area contributed by atoms with Crippen LogP contribution in [0.25, 0.3) is 0 Å². The van der Waals surface area contributed by atoms with E-state index in [1.165, 1.54) is 0 Å². The highest BCUT2D eigenvalue weighted by atomic mass is 35.5. The molecular formula is C11H13Cl2NO. The largest absolute Gasteiger partial charge is 0.325 e. The molecule has 4 heteroatoms. The molecule has 1 aromatic rings. The molecule has 0 aliphatic carbocycles. The molecule has 0 saturated heterocycles. The van der Waals surface area contributed by atoms with Crippen LogP contribution in [0, 0.1) is 0 Å². The van der Waals surface area contributed by atoms with Crippen LogP contribution in [0.3, 0.4) is 0 Å². The molecule has 15 heavy (non-hydrogen) atoms. The number of benzene rings is 1. The number of halogens is 2. The fourth-order valence-corrected chi connectivity index (χ4v) is 1.74. The van der Waals surface area contributed by atoms with E-state index in [2.05, 4.69) is 0 Å². The molecule has 0 amide bonds. The van der Waals surface area contributed by atoms with Gasteiger partial charge in [0.2, 0.25) is 0 Å². The maximum Gasteiger partial charge on any atom is 0.166 e. The quantitative estimate of drug-likeness (QED) is 0.831. The third-order valence-corrected chi connectivity index (χ3v) is 2.40. The van der Waals surface area contributed by atoms with Crippen LogP contribution >= 0.6 is 23.2 Å². The molecule has 0 unspecified atom stereocenters. The van der Waals surface area contributed by atoms with Gasteiger partial charge in [0.05, 0.1) is 5.02 Å². The van der Waals surface area contributed by atoms with Crippen molar-refractivity contribution in [3.63, 3.8) is 0 Å². The minimum atomic E-state index is -0.528. The van der Waals surface area contributed by atoms with Gasteiger partial charge in [-0.25, -0.2) is 0 Å². The van der Waals surface area contributed by atoms with Crippen molar-refractivity contribution >= 4 is 29.0 Å². The summed E-state index contributed by atoms with van der Waals surface area (Å²) in [7, 11) is 0. The summed E-state index contributed by atoms with van der Waals surface area (Å²) in [6.45, 7) is 3.60. The van der Waals surface area contributed by atoms with E-state index >= 15 is 0 Å². The van der Waals surface area contributed by atoms with Gasteiger partial charge in [-0.15, -0.1) is 0 Å². The average Bonchev–Trinajstić information content (AvgIpc) is 1.99. The minimum absolute atomic E-state index is 0.0656. The molecule has 0 radical (unpaired) electrons. The van der Waals surface area contributed by atoms with E-state index in [4.69, 9.17) is 28.9 Å². The van der Waals surface area contributed by atoms with Gasteiger partial charge in [0.15, 0.2) is 5.78 Å². The summed E-state index contributed by atoms with van der Waals surface area (Å²) in [5, 5.41) is 0.889. The summed E-state index contributed by atoms with van der Waals surface area (Å²) in [5.74, 6) is -0.0656. The fourth-order valence-electron chi connectivity index (χ4n) is 1.22. The third kappa shape index (κ3) is 3.82. The van der Waals surface area contributed by atoms with Crippen molar-refractivity contribution in [1.29, 1.82) is 0 Å². The number of hydrogen-bond donors (Lipinski definition) is 1. The molecule has 2 N–H and O–H groups in total. The predicted molar refractivity (Wildman–Crippen MR) is 63.7 cm³/mol. The van der Waals surface area contributed by atoms with E-state index in [1.54, 1.807) is 32.0 Å². The predicted octanol–water partition coefficient (Wildman–Crippen LogP) is 3.30. The van der Waals surface area contributed by atoms with Crippen molar-refractivity contribution in [1.82, 2.24) is 0 Å². The van der Waals surface area contributed by atoms with Gasteiger partial charge in [0.1, 0.15) is 0 Å². The second-order valence-corrected chi connectivity index (χ2v) is 5.06. The van der Waals surface area contributed by atoms with Gasteiger partial charge in [-0.05, 0) is 32.0 Å². The maximum atomic E-state index is 11.8. The molecule has 0 aliphatic rings. The molecule has 0 spiro atoms. The van der Waals surface area contributed by atoms with Gasteiger partial charge in [-0.2, -0.15) is 0 Å². The van der Waals surface area contributed by atoms with Crippen LogP contribution in [-0.4, -0.2) is 11.3 Å². The van der Waals surface area contributed by atoms with Crippen molar-refractivity contribution in [2.75, 3.05) is 0 Å². The lowest BCUT2D eigenvalue weighted by Crippen LogP contribution is -2.34. The Labute approximate surface area is 99.4 Å². The zero-order valence-corrected chi connectivity index (χ0v) is 10.2. The van der Waals surface area contributed by atoms with Gasteiger partial charge < -0.3 is 5.73 Å². The first-order valence-corrected chi connectivity index (χ1v) is 5.32. The van der Waals surface area contributed by atoms with E-state index < -0.39 is 5.54 Å². The van der Waals surface area contributed by atoms with E-state index in [0.29, 0.717) is 15.6 Å². The lowest BCUT2D eigenvalue weighted by molar-refractivity contribution is 0.0960. The summed E-state index contributed by atoms with van der Waals surface area (Å²) in [4.78, 5) is 11.8. The number of Topliss-reactive ketones (excluding diaryl/α,β-unsaturated/α-hetero) is 1. The molecule has 82 valence electrons. The van der Waals surface area contributed by atoms with Crippen molar-refractivity contribution < 1.29 is 4.79 Å². The van der Waals surface area contributed by atoms with E-state index in [9.17, 15) is 4.79 Å². The van der Waals surface area contributed by atoms with Crippen LogP contribution in [-0.2, 0) is 0 Å². The molecule has 0 aliphatic heterocycles. The first kappa shape index (κ1) is 12.5. The Morgan fingerprint density at radius 3 is 2.47 bits per heavy atom. The zero-order valence-electron chi connectivity index (χ0n) is 8.68. The summed E-state index contributed by atoms with van der Waals surface area (Å²) in [6.07, 6.45) is 0.258. The number of nitrogens with two attached hydrogens (primary N) is 1. The minimum Gasteiger partial charge on any atom is -0.325 e. The van der Waals surface area contributed by atoms with E-state index in [0.717, 1.165) is 0 Å². The lowest BCUT2D eigenvalue weighted by Gasteiger charge is -2.17. The molecule has 1 rings (SSSR count). The number of ketones is 1. The highest BCUT2D eigenvalue weighted by molar-refractivity contribution is 6.36. The summed E-state index contributed by atoms with van der Waals surface area (Å²) in [5.41, 5.74) is 5.71. The first-order chi connectivity index (χ1) is 6.79. The van der Waals surface area contributed by atoms with Crippen molar-refractivity contribution in [3.8, 4) is 0 Å². The zero-order chi connectivity index (χ0) is 11.6. The Morgan fingerprint density at radius 1 is 1.40 bits per heavy atom. The molecule has 2 nitrogen and oxygen atoms in total. The van der Waals surface area contributed by atoms with Gasteiger partial charge in [-0.1, -0.05) is 23.2 Å². The average molecular weight is 246 g/mol. The number of carbonyl (C=O) groups excluding carboxylic acids is 1. The van der Waals surface area contributed by atoms with Crippen molar-refractivity contribution in [2.45, 2.75) is 25.8 Å². The Hall–Kier alpha value is -0.570. The Kier molecular flexibility index (Phi) is 3.77. The fraction of sp³-hybridized carbons (Fsp3) is 0.364. The molecule has 0 aromatic heterocycles. The third-order valence-electron chi connectivity index (χ3n) is 1.85. The van der Waals surface area contributed by atoms with Crippen LogP contribution < -0.4 is 5.73 Å². The Bertz CT molecular complexity index is 383. The molecular weight excluding hydrogens is 233 g/mol. The molecule has 0 fully saturated rings. The van der Waals surface area contributed by atoms with Gasteiger partial charge >= 0.3 is 0 Å². The second kappa shape index (κ2) is 4.52. The number of rotatable bonds is 3. The highest BCUT2D eigenvalue weighted by Crippen LogP contribution is 2.23. The van der Waals surface area contributed by atoms with Gasteiger partial charge in [0, 0.05) is 22.5 Å². The maximum absolute atomic E-state index is 11.8. The van der Waals surface area contributed by atoms with E-state index in [-0.39, 0.29) is 12.2 Å². The number of hydrogen-bond acceptors (Lipinski definition) is 2. The highest BCUT2D eigenvalue weighted by Gasteiger charge is 2.19. The van der Waals surface area contributed by atoms with Crippen LogP contribution in [0.1, 0.15) is 30.6 Å². The lowest BCUT2D eigenvalue weighted by atomic mass is 9.95. The van der Waals surface area contributed by atoms with Crippen molar-refractivity contribution in [3.05, 3.63) is 33.8 Å². The van der Waals surface area contributed by atoms with Gasteiger partial charge in [0.25, 0.3) is 0 Å². The van der Waals surface area contributed by atoms with Crippen LogP contribution in [0.4, 0.5) is 0 Å². The molecule has 1 aromatic carbocycles. The monoisotopic (exact) mass is 245 g/mol. The molecule has 0 saturated carbocycles. The molecule has 0 heterocycles. The number of carbonyl (C=O) groups is 1. The summed E-state index contributed by atoms with van der Waals surface area (Å²) >= 11 is 11.6. The molecule has 0 bridgehead atoms. The van der Waals surface area contributed by atoms with Crippen LogP contribution in [0.2, 0.25) is 10.0 Å². The van der Waals surface area contributed by atoms with Crippen LogP contribution in [0.15, 0.2) is 18.2 Å². The van der Waals surface area contributed by atoms with E-state index in [1.807, 2.05) is 0 Å². The Morgan fingerprint density at radius 2 is 2.00 bits per heavy atom. The smallest absolute Gasteiger partial charge is 0.166 e. The summed E-state index contributed by atoms with van der Waals surface area (Å²) < 4.78 is 0.